The zero-order chi connectivity index (χ0) is 12.3. The lowest BCUT2D eigenvalue weighted by Crippen LogP contribution is -2.38. The molecule has 0 aromatic carbocycles. The van der Waals surface area contributed by atoms with Crippen molar-refractivity contribution in [2.75, 3.05) is 6.54 Å². The second-order valence-corrected chi connectivity index (χ2v) is 6.15. The standard InChI is InChI=1S/C16H29N/c1-4-17(15-10-7-8-13(2)12-15)16-11-6-5-9-14(16)3/h13,15H,4-12H2,1-3H3. The lowest BCUT2D eigenvalue weighted by atomic mass is 9.85. The summed E-state index contributed by atoms with van der Waals surface area (Å²) < 4.78 is 0. The van der Waals surface area contributed by atoms with Crippen molar-refractivity contribution < 1.29 is 0 Å². The number of hydrogen-bond donors (Lipinski definition) is 0. The summed E-state index contributed by atoms with van der Waals surface area (Å²) in [6, 6.07) is 0.840. The predicted octanol–water partition coefficient (Wildman–Crippen LogP) is 4.74. The molecule has 0 saturated heterocycles. The van der Waals surface area contributed by atoms with Crippen LogP contribution in [0.5, 0.6) is 0 Å². The molecule has 0 aromatic heterocycles. The maximum absolute atomic E-state index is 2.75. The summed E-state index contributed by atoms with van der Waals surface area (Å²) in [5.41, 5.74) is 3.38. The number of nitrogens with zero attached hydrogens (tertiary/aromatic N) is 1. The highest BCUT2D eigenvalue weighted by Gasteiger charge is 2.26. The first kappa shape index (κ1) is 13.0. The van der Waals surface area contributed by atoms with Gasteiger partial charge in [-0.3, -0.25) is 0 Å². The van der Waals surface area contributed by atoms with Gasteiger partial charge in [-0.05, 0) is 58.3 Å². The van der Waals surface area contributed by atoms with Crippen LogP contribution in [0.3, 0.4) is 0 Å². The van der Waals surface area contributed by atoms with E-state index in [1.165, 1.54) is 57.9 Å². The maximum Gasteiger partial charge on any atom is 0.0289 e. The first-order valence-corrected chi connectivity index (χ1v) is 7.67. The van der Waals surface area contributed by atoms with Gasteiger partial charge in [0.05, 0.1) is 0 Å². The average molecular weight is 235 g/mol. The smallest absolute Gasteiger partial charge is 0.0289 e. The van der Waals surface area contributed by atoms with E-state index in [2.05, 4.69) is 25.7 Å². The predicted molar refractivity (Wildman–Crippen MR) is 75.0 cm³/mol. The van der Waals surface area contributed by atoms with Crippen LogP contribution in [0.15, 0.2) is 11.3 Å². The van der Waals surface area contributed by atoms with Gasteiger partial charge in [0.25, 0.3) is 0 Å². The molecule has 2 aliphatic carbocycles. The van der Waals surface area contributed by atoms with Crippen LogP contribution in [0.2, 0.25) is 0 Å². The van der Waals surface area contributed by atoms with Gasteiger partial charge in [0.1, 0.15) is 0 Å². The van der Waals surface area contributed by atoms with Gasteiger partial charge in [0.15, 0.2) is 0 Å². The van der Waals surface area contributed by atoms with Gasteiger partial charge in [-0.1, -0.05) is 25.3 Å². The van der Waals surface area contributed by atoms with E-state index in [1.807, 2.05) is 0 Å². The van der Waals surface area contributed by atoms with Crippen LogP contribution in [0, 0.1) is 5.92 Å². The largest absolute Gasteiger partial charge is 0.372 e. The molecule has 2 rings (SSSR count). The van der Waals surface area contributed by atoms with E-state index in [0.29, 0.717) is 0 Å². The number of allylic oxidation sites excluding steroid dienone is 2. The van der Waals surface area contributed by atoms with E-state index >= 15 is 0 Å². The number of hydrogen-bond acceptors (Lipinski definition) is 1. The van der Waals surface area contributed by atoms with Gasteiger partial charge in [-0.2, -0.15) is 0 Å². The third-order valence-corrected chi connectivity index (χ3v) is 4.74. The van der Waals surface area contributed by atoms with Crippen LogP contribution in [-0.4, -0.2) is 17.5 Å². The monoisotopic (exact) mass is 235 g/mol. The fourth-order valence-corrected chi connectivity index (χ4v) is 3.78. The van der Waals surface area contributed by atoms with E-state index in [9.17, 15) is 0 Å². The molecule has 2 atom stereocenters. The molecule has 0 heterocycles. The minimum Gasteiger partial charge on any atom is -0.372 e. The fraction of sp³-hybridized carbons (Fsp3) is 0.875. The molecule has 0 aliphatic heterocycles. The van der Waals surface area contributed by atoms with Crippen LogP contribution in [0.25, 0.3) is 0 Å². The van der Waals surface area contributed by atoms with Crippen LogP contribution >= 0.6 is 0 Å². The Kier molecular flexibility index (Phi) is 4.53. The van der Waals surface area contributed by atoms with E-state index < -0.39 is 0 Å². The topological polar surface area (TPSA) is 3.24 Å². The molecule has 17 heavy (non-hydrogen) atoms. The summed E-state index contributed by atoms with van der Waals surface area (Å²) in [6.07, 6.45) is 11.2. The second-order valence-electron chi connectivity index (χ2n) is 6.15. The molecule has 1 heteroatoms. The Labute approximate surface area is 107 Å². The molecule has 1 saturated carbocycles. The summed E-state index contributed by atoms with van der Waals surface area (Å²) in [5.74, 6) is 0.937. The van der Waals surface area contributed by atoms with Gasteiger partial charge >= 0.3 is 0 Å². The highest BCUT2D eigenvalue weighted by Crippen LogP contribution is 2.34. The van der Waals surface area contributed by atoms with Crippen molar-refractivity contribution in [2.45, 2.75) is 78.2 Å². The summed E-state index contributed by atoms with van der Waals surface area (Å²) in [4.78, 5) is 2.75. The molecule has 0 radical (unpaired) electrons. The molecule has 0 amide bonds. The summed E-state index contributed by atoms with van der Waals surface area (Å²) in [7, 11) is 0. The first-order chi connectivity index (χ1) is 8.22. The zero-order valence-corrected chi connectivity index (χ0v) is 12.0. The normalized spacial score (nSPS) is 30.5. The Morgan fingerprint density at radius 1 is 1.12 bits per heavy atom. The van der Waals surface area contributed by atoms with Crippen molar-refractivity contribution in [3.05, 3.63) is 11.3 Å². The maximum atomic E-state index is 2.75. The Hall–Kier alpha value is -0.460. The van der Waals surface area contributed by atoms with Crippen molar-refractivity contribution in [1.29, 1.82) is 0 Å². The Morgan fingerprint density at radius 2 is 1.88 bits per heavy atom. The highest BCUT2D eigenvalue weighted by atomic mass is 15.2. The molecular weight excluding hydrogens is 206 g/mol. The first-order valence-electron chi connectivity index (χ1n) is 7.67. The highest BCUT2D eigenvalue weighted by molar-refractivity contribution is 5.15. The van der Waals surface area contributed by atoms with Crippen LogP contribution in [0.1, 0.15) is 72.1 Å². The SMILES string of the molecule is CCN(C1=C(C)CCCC1)C1CCCC(C)C1. The Balaban J connectivity index is 2.09. The van der Waals surface area contributed by atoms with E-state index in [0.717, 1.165) is 12.0 Å². The molecule has 0 bridgehead atoms. The quantitative estimate of drug-likeness (QED) is 0.683. The molecule has 2 unspecified atom stereocenters. The van der Waals surface area contributed by atoms with Gasteiger partial charge in [0, 0.05) is 18.3 Å². The zero-order valence-electron chi connectivity index (χ0n) is 12.0. The van der Waals surface area contributed by atoms with Crippen molar-refractivity contribution in [1.82, 2.24) is 4.90 Å². The van der Waals surface area contributed by atoms with Crippen molar-refractivity contribution in [3.8, 4) is 0 Å². The van der Waals surface area contributed by atoms with Crippen molar-refractivity contribution >= 4 is 0 Å². The number of rotatable bonds is 3. The third-order valence-electron chi connectivity index (χ3n) is 4.74. The molecule has 1 fully saturated rings. The lowest BCUT2D eigenvalue weighted by molar-refractivity contribution is 0.168. The fourth-order valence-electron chi connectivity index (χ4n) is 3.78. The summed E-state index contributed by atoms with van der Waals surface area (Å²) in [5, 5.41) is 0. The molecule has 1 nitrogen and oxygen atoms in total. The van der Waals surface area contributed by atoms with E-state index in [-0.39, 0.29) is 0 Å². The Bertz CT molecular complexity index is 279. The van der Waals surface area contributed by atoms with Gasteiger partial charge in [-0.15, -0.1) is 0 Å². The van der Waals surface area contributed by atoms with E-state index in [4.69, 9.17) is 0 Å². The molecular formula is C16H29N. The lowest BCUT2D eigenvalue weighted by Gasteiger charge is -2.41. The van der Waals surface area contributed by atoms with Crippen LogP contribution in [0.4, 0.5) is 0 Å². The second kappa shape index (κ2) is 5.93. The average Bonchev–Trinajstić information content (AvgIpc) is 2.33. The molecule has 0 spiro atoms. The van der Waals surface area contributed by atoms with Gasteiger partial charge in [0.2, 0.25) is 0 Å². The van der Waals surface area contributed by atoms with Crippen molar-refractivity contribution in [2.24, 2.45) is 5.92 Å². The van der Waals surface area contributed by atoms with Crippen molar-refractivity contribution in [3.63, 3.8) is 0 Å². The minimum atomic E-state index is 0.840. The Morgan fingerprint density at radius 3 is 2.53 bits per heavy atom. The van der Waals surface area contributed by atoms with Gasteiger partial charge in [-0.25, -0.2) is 0 Å². The molecule has 0 N–H and O–H groups in total. The van der Waals surface area contributed by atoms with E-state index in [1.54, 1.807) is 11.3 Å². The molecule has 0 aromatic rings. The third kappa shape index (κ3) is 3.05. The van der Waals surface area contributed by atoms with Crippen LogP contribution in [-0.2, 0) is 0 Å². The van der Waals surface area contributed by atoms with Crippen LogP contribution < -0.4 is 0 Å². The molecule has 2 aliphatic rings. The summed E-state index contributed by atoms with van der Waals surface area (Å²) in [6.45, 7) is 8.35. The molecule has 98 valence electrons. The summed E-state index contributed by atoms with van der Waals surface area (Å²) >= 11 is 0. The minimum absolute atomic E-state index is 0.840. The van der Waals surface area contributed by atoms with Gasteiger partial charge < -0.3 is 4.90 Å².